The Bertz CT molecular complexity index is 617. The lowest BCUT2D eigenvalue weighted by Gasteiger charge is -2.17. The molecule has 2 fully saturated rings. The fourth-order valence-corrected chi connectivity index (χ4v) is 2.96. The molecule has 2 aliphatic heterocycles. The highest BCUT2D eigenvalue weighted by Gasteiger charge is 2.24. The zero-order valence-corrected chi connectivity index (χ0v) is 13.4. The molecule has 6 nitrogen and oxygen atoms in total. The smallest absolute Gasteiger partial charge is 0.250 e. The van der Waals surface area contributed by atoms with Gasteiger partial charge >= 0.3 is 0 Å². The van der Waals surface area contributed by atoms with Crippen LogP contribution in [-0.4, -0.2) is 44.3 Å². The minimum atomic E-state index is -0.525. The number of rotatable bonds is 6. The summed E-state index contributed by atoms with van der Waals surface area (Å²) >= 11 is 0. The minimum Gasteiger partial charge on any atom is -0.376 e. The van der Waals surface area contributed by atoms with E-state index in [1.807, 2.05) is 0 Å². The number of benzene rings is 1. The van der Waals surface area contributed by atoms with Gasteiger partial charge in [-0.1, -0.05) is 0 Å². The van der Waals surface area contributed by atoms with E-state index in [1.54, 1.807) is 6.07 Å². The van der Waals surface area contributed by atoms with Gasteiger partial charge in [0.15, 0.2) is 0 Å². The van der Waals surface area contributed by atoms with Crippen LogP contribution >= 0.6 is 0 Å². The number of carbonyl (C=O) groups excluding carboxylic acids is 2. The van der Waals surface area contributed by atoms with Crippen LogP contribution in [0.4, 0.5) is 15.8 Å². The molecule has 130 valence electrons. The molecule has 1 N–H and O–H groups in total. The van der Waals surface area contributed by atoms with Crippen molar-refractivity contribution in [3.63, 3.8) is 0 Å². The lowest BCUT2D eigenvalue weighted by molar-refractivity contribution is -0.121. The second kappa shape index (κ2) is 7.72. The number of nitrogens with one attached hydrogen (secondary N) is 1. The summed E-state index contributed by atoms with van der Waals surface area (Å²) in [4.78, 5) is 24.9. The van der Waals surface area contributed by atoms with Crippen LogP contribution in [0, 0.1) is 5.82 Å². The standard InChI is InChI=1S/C17H21FN2O4/c18-14-9-12(5-6-15(14)20-7-1-4-17(20)22)19-16(21)11-23-10-13-3-2-8-24-13/h5-6,9,13H,1-4,7-8,10-11H2,(H,19,21)/t13-/m1/s1. The molecule has 0 aliphatic carbocycles. The number of anilines is 2. The van der Waals surface area contributed by atoms with Gasteiger partial charge in [-0.3, -0.25) is 9.59 Å². The van der Waals surface area contributed by atoms with Gasteiger partial charge in [0.1, 0.15) is 12.4 Å². The lowest BCUT2D eigenvalue weighted by atomic mass is 10.2. The maximum Gasteiger partial charge on any atom is 0.250 e. The summed E-state index contributed by atoms with van der Waals surface area (Å²) in [6, 6.07) is 4.32. The van der Waals surface area contributed by atoms with Crippen LogP contribution in [0.15, 0.2) is 18.2 Å². The van der Waals surface area contributed by atoms with Gasteiger partial charge in [0.2, 0.25) is 11.8 Å². The highest BCUT2D eigenvalue weighted by molar-refractivity contribution is 5.96. The third kappa shape index (κ3) is 4.10. The van der Waals surface area contributed by atoms with Crippen LogP contribution in [-0.2, 0) is 19.1 Å². The van der Waals surface area contributed by atoms with E-state index in [4.69, 9.17) is 9.47 Å². The molecule has 0 unspecified atom stereocenters. The predicted octanol–water partition coefficient (Wildman–Crippen LogP) is 2.09. The van der Waals surface area contributed by atoms with Crippen LogP contribution in [0.5, 0.6) is 0 Å². The molecular formula is C17H21FN2O4. The van der Waals surface area contributed by atoms with E-state index in [1.165, 1.54) is 17.0 Å². The average Bonchev–Trinajstić information content (AvgIpc) is 3.19. The second-order valence-corrected chi connectivity index (χ2v) is 6.01. The maximum absolute atomic E-state index is 14.2. The van der Waals surface area contributed by atoms with Crippen LogP contribution in [0.25, 0.3) is 0 Å². The van der Waals surface area contributed by atoms with E-state index in [2.05, 4.69) is 5.32 Å². The molecule has 1 atom stereocenters. The normalized spacial score (nSPS) is 20.6. The van der Waals surface area contributed by atoms with Crippen molar-refractivity contribution in [1.82, 2.24) is 0 Å². The largest absolute Gasteiger partial charge is 0.376 e. The topological polar surface area (TPSA) is 67.9 Å². The number of carbonyl (C=O) groups is 2. The van der Waals surface area contributed by atoms with Crippen molar-refractivity contribution in [3.05, 3.63) is 24.0 Å². The van der Waals surface area contributed by atoms with Gasteiger partial charge in [0.25, 0.3) is 0 Å². The Morgan fingerprint density at radius 1 is 1.42 bits per heavy atom. The highest BCUT2D eigenvalue weighted by atomic mass is 19.1. The molecule has 0 saturated carbocycles. The number of nitrogens with zero attached hydrogens (tertiary/aromatic N) is 1. The second-order valence-electron chi connectivity index (χ2n) is 6.01. The third-order valence-corrected chi connectivity index (χ3v) is 4.16. The van der Waals surface area contributed by atoms with Crippen molar-refractivity contribution in [2.75, 3.05) is 36.6 Å². The van der Waals surface area contributed by atoms with Crippen molar-refractivity contribution in [3.8, 4) is 0 Å². The summed E-state index contributed by atoms with van der Waals surface area (Å²) in [5.74, 6) is -0.950. The zero-order chi connectivity index (χ0) is 16.9. The summed E-state index contributed by atoms with van der Waals surface area (Å²) < 4.78 is 24.9. The first kappa shape index (κ1) is 16.9. The van der Waals surface area contributed by atoms with Crippen LogP contribution in [0.3, 0.4) is 0 Å². The summed E-state index contributed by atoms with van der Waals surface area (Å²) in [6.45, 7) is 1.55. The molecule has 1 aromatic carbocycles. The molecule has 0 radical (unpaired) electrons. The molecule has 24 heavy (non-hydrogen) atoms. The maximum atomic E-state index is 14.2. The summed E-state index contributed by atoms with van der Waals surface area (Å²) in [6.07, 6.45) is 3.21. The molecule has 2 heterocycles. The third-order valence-electron chi connectivity index (χ3n) is 4.16. The van der Waals surface area contributed by atoms with Gasteiger partial charge in [0, 0.05) is 25.3 Å². The number of ether oxygens (including phenoxy) is 2. The van der Waals surface area contributed by atoms with Crippen LogP contribution in [0.1, 0.15) is 25.7 Å². The molecule has 7 heteroatoms. The molecule has 0 bridgehead atoms. The van der Waals surface area contributed by atoms with Crippen LogP contribution in [0.2, 0.25) is 0 Å². The highest BCUT2D eigenvalue weighted by Crippen LogP contribution is 2.26. The predicted molar refractivity (Wildman–Crippen MR) is 86.4 cm³/mol. The molecule has 1 aromatic rings. The zero-order valence-electron chi connectivity index (χ0n) is 13.4. The Labute approximate surface area is 139 Å². The molecule has 0 aromatic heterocycles. The van der Waals surface area contributed by atoms with Crippen LogP contribution < -0.4 is 10.2 Å². The fraction of sp³-hybridized carbons (Fsp3) is 0.529. The molecule has 2 aliphatic rings. The SMILES string of the molecule is O=C(COC[C@H]1CCCO1)Nc1ccc(N2CCCC2=O)c(F)c1. The summed E-state index contributed by atoms with van der Waals surface area (Å²) in [5.41, 5.74) is 0.596. The Morgan fingerprint density at radius 3 is 2.96 bits per heavy atom. The van der Waals surface area contributed by atoms with Gasteiger partial charge < -0.3 is 19.7 Å². The first-order chi connectivity index (χ1) is 11.6. The fourth-order valence-electron chi connectivity index (χ4n) is 2.96. The van der Waals surface area contributed by atoms with Crippen molar-refractivity contribution in [2.45, 2.75) is 31.8 Å². The van der Waals surface area contributed by atoms with Gasteiger partial charge in [-0.05, 0) is 37.5 Å². The van der Waals surface area contributed by atoms with Crippen molar-refractivity contribution >= 4 is 23.2 Å². The number of hydrogen-bond donors (Lipinski definition) is 1. The molecule has 0 spiro atoms. The van der Waals surface area contributed by atoms with Crippen molar-refractivity contribution < 1.29 is 23.5 Å². The van der Waals surface area contributed by atoms with Gasteiger partial charge in [0.05, 0.1) is 18.4 Å². The van der Waals surface area contributed by atoms with Gasteiger partial charge in [-0.15, -0.1) is 0 Å². The molecule has 3 rings (SSSR count). The van der Waals surface area contributed by atoms with E-state index in [0.717, 1.165) is 25.9 Å². The summed E-state index contributed by atoms with van der Waals surface area (Å²) in [7, 11) is 0. The van der Waals surface area contributed by atoms with Crippen molar-refractivity contribution in [1.29, 1.82) is 0 Å². The van der Waals surface area contributed by atoms with E-state index in [9.17, 15) is 14.0 Å². The molecule has 2 amide bonds. The minimum absolute atomic E-state index is 0.0625. The first-order valence-corrected chi connectivity index (χ1v) is 8.22. The Balaban J connectivity index is 1.50. The average molecular weight is 336 g/mol. The van der Waals surface area contributed by atoms with Gasteiger partial charge in [-0.2, -0.15) is 0 Å². The monoisotopic (exact) mass is 336 g/mol. The van der Waals surface area contributed by atoms with Gasteiger partial charge in [-0.25, -0.2) is 4.39 Å². The first-order valence-electron chi connectivity index (χ1n) is 8.22. The van der Waals surface area contributed by atoms with Crippen molar-refractivity contribution in [2.24, 2.45) is 0 Å². The molecular weight excluding hydrogens is 315 g/mol. The Kier molecular flexibility index (Phi) is 5.42. The number of hydrogen-bond acceptors (Lipinski definition) is 4. The van der Waals surface area contributed by atoms with E-state index >= 15 is 0 Å². The number of halogens is 1. The molecule has 2 saturated heterocycles. The Morgan fingerprint density at radius 2 is 2.29 bits per heavy atom. The Hall–Kier alpha value is -1.99. The quantitative estimate of drug-likeness (QED) is 0.864. The number of amides is 2. The summed E-state index contributed by atoms with van der Waals surface area (Å²) in [5, 5.41) is 2.59. The van der Waals surface area contributed by atoms with E-state index in [-0.39, 0.29) is 30.2 Å². The van der Waals surface area contributed by atoms with E-state index < -0.39 is 5.82 Å². The lowest BCUT2D eigenvalue weighted by Crippen LogP contribution is -2.25. The van der Waals surface area contributed by atoms with E-state index in [0.29, 0.717) is 25.3 Å².